The van der Waals surface area contributed by atoms with E-state index < -0.39 is 53.7 Å². The summed E-state index contributed by atoms with van der Waals surface area (Å²) in [5, 5.41) is 0. The second-order valence-electron chi connectivity index (χ2n) is 6.68. The van der Waals surface area contributed by atoms with Crippen LogP contribution in [-0.4, -0.2) is 72.4 Å². The van der Waals surface area contributed by atoms with E-state index in [9.17, 15) is 19.2 Å². The van der Waals surface area contributed by atoms with Gasteiger partial charge in [-0.3, -0.25) is 14.4 Å². The van der Waals surface area contributed by atoms with Crippen molar-refractivity contribution in [2.45, 2.75) is 55.5 Å². The van der Waals surface area contributed by atoms with E-state index in [0.717, 1.165) is 11.8 Å². The summed E-state index contributed by atoms with van der Waals surface area (Å²) in [6.07, 6.45) is -1.66. The molecule has 1 saturated heterocycles. The van der Waals surface area contributed by atoms with Gasteiger partial charge in [0.25, 0.3) is 0 Å². The topological polar surface area (TPSA) is 153 Å². The van der Waals surface area contributed by atoms with Crippen LogP contribution in [0.1, 0.15) is 31.3 Å². The number of esters is 4. The van der Waals surface area contributed by atoms with E-state index in [-0.39, 0.29) is 12.3 Å². The molecule has 1 aromatic heterocycles. The van der Waals surface area contributed by atoms with Crippen LogP contribution in [0.25, 0.3) is 0 Å². The predicted octanol–water partition coefficient (Wildman–Crippen LogP) is 1.20. The van der Waals surface area contributed by atoms with Crippen molar-refractivity contribution in [3.63, 3.8) is 0 Å². The first-order valence-electron chi connectivity index (χ1n) is 9.32. The molecular weight excluding hydrogens is 512 g/mol. The van der Waals surface area contributed by atoms with Gasteiger partial charge in [0.15, 0.2) is 11.8 Å². The van der Waals surface area contributed by atoms with Crippen LogP contribution in [0.15, 0.2) is 21.6 Å². The van der Waals surface area contributed by atoms with Crippen LogP contribution >= 0.6 is 27.7 Å². The van der Waals surface area contributed by atoms with Gasteiger partial charge in [-0.1, -0.05) is 11.8 Å². The largest absolute Gasteiger partial charge is 0.464 e. The Morgan fingerprint density at radius 1 is 1.12 bits per heavy atom. The summed E-state index contributed by atoms with van der Waals surface area (Å²) >= 11 is 4.30. The van der Waals surface area contributed by atoms with Crippen LogP contribution in [0.4, 0.5) is 0 Å². The highest BCUT2D eigenvalue weighted by Crippen LogP contribution is 2.37. The number of thioether (sulfide) groups is 1. The molecule has 176 valence electrons. The molecule has 5 unspecified atom stereocenters. The highest BCUT2D eigenvalue weighted by atomic mass is 79.9. The summed E-state index contributed by atoms with van der Waals surface area (Å²) in [7, 11) is 1.22. The Kier molecular flexibility index (Phi) is 9.43. The van der Waals surface area contributed by atoms with Gasteiger partial charge < -0.3 is 29.4 Å². The minimum absolute atomic E-state index is 0.0121. The smallest absolute Gasteiger partial charge is 0.357 e. The number of nitrogens with zero attached hydrogens (tertiary/aromatic N) is 1. The lowest BCUT2D eigenvalue weighted by Gasteiger charge is -2.43. The van der Waals surface area contributed by atoms with Crippen molar-refractivity contribution in [1.29, 1.82) is 0 Å². The van der Waals surface area contributed by atoms with Gasteiger partial charge in [-0.05, 0) is 22.0 Å². The number of methoxy groups -OCH3 is 1. The molecule has 1 aromatic rings. The maximum Gasteiger partial charge on any atom is 0.357 e. The van der Waals surface area contributed by atoms with Crippen molar-refractivity contribution < 1.29 is 42.9 Å². The van der Waals surface area contributed by atoms with Gasteiger partial charge in [-0.15, -0.1) is 0 Å². The number of aromatic nitrogens is 1. The monoisotopic (exact) mass is 534 g/mol. The maximum absolute atomic E-state index is 12.1. The van der Waals surface area contributed by atoms with E-state index >= 15 is 0 Å². The lowest BCUT2D eigenvalue weighted by molar-refractivity contribution is -0.201. The van der Waals surface area contributed by atoms with Crippen LogP contribution < -0.4 is 5.73 Å². The first kappa shape index (κ1) is 26.0. The van der Waals surface area contributed by atoms with Crippen molar-refractivity contribution in [3.8, 4) is 0 Å². The molecule has 2 heterocycles. The Morgan fingerprint density at radius 2 is 1.75 bits per heavy atom. The summed E-state index contributed by atoms with van der Waals surface area (Å²) in [5.74, 6) is -2.53. The van der Waals surface area contributed by atoms with E-state index in [4.69, 9.17) is 29.4 Å². The van der Waals surface area contributed by atoms with Crippen LogP contribution in [-0.2, 0) is 38.1 Å². The first-order valence-corrected chi connectivity index (χ1v) is 11.0. The number of ether oxygens (including phenoxy) is 5. The van der Waals surface area contributed by atoms with E-state index in [2.05, 4.69) is 20.9 Å². The number of pyridine rings is 1. The SMILES string of the molecule is COC(=O)c1ncc(Br)cc1SC1OC(COC(C)=O)C(OC(C)=O)C(N)C1OC(C)=O. The minimum Gasteiger partial charge on any atom is -0.464 e. The zero-order valence-corrected chi connectivity index (χ0v) is 20.1. The fraction of sp³-hybridized carbons (Fsp3) is 0.526. The molecule has 1 aliphatic heterocycles. The van der Waals surface area contributed by atoms with Crippen LogP contribution in [0.2, 0.25) is 0 Å². The number of hydrogen-bond acceptors (Lipinski definition) is 12. The zero-order chi connectivity index (χ0) is 24.0. The van der Waals surface area contributed by atoms with E-state index in [1.54, 1.807) is 6.07 Å². The Hall–Kier alpha value is -2.22. The molecule has 32 heavy (non-hydrogen) atoms. The molecule has 2 rings (SSSR count). The zero-order valence-electron chi connectivity index (χ0n) is 17.7. The summed E-state index contributed by atoms with van der Waals surface area (Å²) in [5.41, 5.74) is 5.36. The molecule has 5 atom stereocenters. The van der Waals surface area contributed by atoms with Crippen molar-refractivity contribution in [2.75, 3.05) is 13.7 Å². The maximum atomic E-state index is 12.1. The summed E-state index contributed by atoms with van der Waals surface area (Å²) in [6.45, 7) is 3.34. The van der Waals surface area contributed by atoms with E-state index in [1.165, 1.54) is 34.1 Å². The average molecular weight is 535 g/mol. The molecule has 0 aromatic carbocycles. The van der Waals surface area contributed by atoms with Gasteiger partial charge in [0.2, 0.25) is 0 Å². The molecule has 0 bridgehead atoms. The third-order valence-corrected chi connectivity index (χ3v) is 5.81. The molecular formula is C19H23BrN2O9S. The number of carbonyl (C=O) groups is 4. The van der Waals surface area contributed by atoms with E-state index in [0.29, 0.717) is 9.37 Å². The number of rotatable bonds is 7. The molecule has 0 aliphatic carbocycles. The number of hydrogen-bond donors (Lipinski definition) is 1. The Bertz CT molecular complexity index is 882. The van der Waals surface area contributed by atoms with Gasteiger partial charge in [-0.25, -0.2) is 9.78 Å². The lowest BCUT2D eigenvalue weighted by Crippen LogP contribution is -2.63. The van der Waals surface area contributed by atoms with Gasteiger partial charge in [0.1, 0.15) is 24.3 Å². The van der Waals surface area contributed by atoms with Crippen LogP contribution in [0.3, 0.4) is 0 Å². The Morgan fingerprint density at radius 3 is 2.31 bits per heavy atom. The van der Waals surface area contributed by atoms with Crippen LogP contribution in [0.5, 0.6) is 0 Å². The number of halogens is 1. The molecule has 0 spiro atoms. The highest BCUT2D eigenvalue weighted by Gasteiger charge is 2.49. The summed E-state index contributed by atoms with van der Waals surface area (Å²) < 4.78 is 27.0. The quantitative estimate of drug-likeness (QED) is 0.394. The standard InChI is InChI=1S/C19H23BrN2O9S/c1-8(23)28-7-12-16(29-9(2)24)14(21)17(30-10(3)25)19(31-12)32-13-5-11(20)6-22-15(13)18(26)27-4/h5-6,12,14,16-17,19H,7,21H2,1-4H3. The van der Waals surface area contributed by atoms with E-state index in [1.807, 2.05) is 0 Å². The van der Waals surface area contributed by atoms with Crippen molar-refractivity contribution in [1.82, 2.24) is 4.98 Å². The van der Waals surface area contributed by atoms with Crippen molar-refractivity contribution in [2.24, 2.45) is 5.73 Å². The third-order valence-electron chi connectivity index (χ3n) is 4.20. The molecule has 1 fully saturated rings. The Labute approximate surface area is 196 Å². The van der Waals surface area contributed by atoms with Gasteiger partial charge in [0, 0.05) is 36.3 Å². The Balaban J connectivity index is 2.42. The average Bonchev–Trinajstić information content (AvgIpc) is 2.70. The predicted molar refractivity (Wildman–Crippen MR) is 114 cm³/mol. The molecule has 0 saturated carbocycles. The summed E-state index contributed by atoms with van der Waals surface area (Å²) in [4.78, 5) is 51.3. The first-order chi connectivity index (χ1) is 15.0. The van der Waals surface area contributed by atoms with Gasteiger partial charge >= 0.3 is 23.9 Å². The molecule has 11 nitrogen and oxygen atoms in total. The van der Waals surface area contributed by atoms with Gasteiger partial charge in [0.05, 0.1) is 13.2 Å². The summed E-state index contributed by atoms with van der Waals surface area (Å²) in [6, 6.07) is 0.597. The lowest BCUT2D eigenvalue weighted by atomic mass is 9.97. The second-order valence-corrected chi connectivity index (χ2v) is 8.74. The molecule has 2 N–H and O–H groups in total. The van der Waals surface area contributed by atoms with Crippen molar-refractivity contribution in [3.05, 3.63) is 22.4 Å². The minimum atomic E-state index is -1.07. The normalized spacial score (nSPS) is 24.9. The molecule has 0 radical (unpaired) electrons. The van der Waals surface area contributed by atoms with Gasteiger partial charge in [-0.2, -0.15) is 0 Å². The molecule has 13 heteroatoms. The fourth-order valence-electron chi connectivity index (χ4n) is 2.93. The number of carbonyl (C=O) groups excluding carboxylic acids is 4. The molecule has 1 aliphatic rings. The van der Waals surface area contributed by atoms with Crippen LogP contribution in [0, 0.1) is 0 Å². The second kappa shape index (κ2) is 11.6. The molecule has 0 amide bonds. The third kappa shape index (κ3) is 6.89. The highest BCUT2D eigenvalue weighted by molar-refractivity contribution is 9.10. The fourth-order valence-corrected chi connectivity index (χ4v) is 4.67. The van der Waals surface area contributed by atoms with Crippen molar-refractivity contribution >= 4 is 51.6 Å². The number of nitrogens with two attached hydrogens (primary N) is 1.